The molecular weight excluding hydrogens is 722 g/mol. The summed E-state index contributed by atoms with van der Waals surface area (Å²) in [5, 5.41) is 56.0. The number of ether oxygens (including phenoxy) is 4. The van der Waals surface area contributed by atoms with Gasteiger partial charge in [0.25, 0.3) is 5.91 Å². The Hall–Kier alpha value is -2.49. The quantitative estimate of drug-likeness (QED) is 0.194. The zero-order valence-electron chi connectivity index (χ0n) is 34.5. The van der Waals surface area contributed by atoms with E-state index in [1.54, 1.807) is 41.1 Å². The van der Waals surface area contributed by atoms with Gasteiger partial charge in [0.1, 0.15) is 24.0 Å². The molecule has 3 heterocycles. The zero-order valence-corrected chi connectivity index (χ0v) is 34.5. The van der Waals surface area contributed by atoms with Crippen molar-refractivity contribution < 1.29 is 58.9 Å². The van der Waals surface area contributed by atoms with E-state index in [9.17, 15) is 39.9 Å². The molecule has 2 saturated heterocycles. The van der Waals surface area contributed by atoms with Crippen molar-refractivity contribution in [3.05, 3.63) is 36.0 Å². The van der Waals surface area contributed by atoms with Crippen molar-refractivity contribution in [1.82, 2.24) is 4.90 Å². The number of amides is 1. The first-order valence-corrected chi connectivity index (χ1v) is 20.6. The van der Waals surface area contributed by atoms with E-state index in [1.165, 1.54) is 4.90 Å². The SMILES string of the molecule is C=CC[C@H]1/C=C(\C)C[C@@H](C)C[C@H](OC)[C@@H]2O[C@@](O)(C(O)C(=O)N3CCCC[C@H]3C(=O)OC(/C(C)=C/[C@H]3CC[C@@H](O)[C@H](O)C3)[C@H](C)[C@@H](O)CC1=O)[C@H](C)C[C@@H]2OC. The van der Waals surface area contributed by atoms with Crippen molar-refractivity contribution in [1.29, 1.82) is 0 Å². The molecule has 4 rings (SSSR count). The van der Waals surface area contributed by atoms with Crippen molar-refractivity contribution in [2.45, 2.75) is 166 Å². The average Bonchev–Trinajstić information content (AvgIpc) is 3.16. The Morgan fingerprint density at radius 3 is 2.27 bits per heavy atom. The van der Waals surface area contributed by atoms with Gasteiger partial charge in [0.05, 0.1) is 30.5 Å². The molecule has 13 nitrogen and oxygen atoms in total. The number of hydrogen-bond acceptors (Lipinski definition) is 12. The standard InChI is InChI=1S/C43H69NO12/c1-9-12-30-18-24(2)17-25(3)19-36(53-7)39-37(54-8)21-27(5)43(52,56-39)40(49)41(50)44-16-11-10-13-31(44)42(51)55-38(28(6)33(46)23-34(30)47)26(4)20-29-14-15-32(45)35(48)22-29/h9,18,20,25,27-33,35-40,45-46,48-49,52H,1,10-17,19,21-23H2,2-8H3/b24-18+,26-20+/t25-,27-,28-,29-,30+,31+,32-,33+,35-,36+,37+,38?,39+,40?,43-/m1/s1. The van der Waals surface area contributed by atoms with Gasteiger partial charge in [-0.2, -0.15) is 0 Å². The number of aliphatic hydroxyl groups is 5. The van der Waals surface area contributed by atoms with Crippen LogP contribution >= 0.6 is 0 Å². The molecule has 0 aromatic carbocycles. The maximum absolute atomic E-state index is 14.3. The van der Waals surface area contributed by atoms with Crippen molar-refractivity contribution in [2.75, 3.05) is 20.8 Å². The van der Waals surface area contributed by atoms with Crippen LogP contribution in [0.1, 0.15) is 105 Å². The first-order valence-electron chi connectivity index (χ1n) is 20.6. The van der Waals surface area contributed by atoms with Gasteiger partial charge in [0, 0.05) is 44.9 Å². The second-order valence-corrected chi connectivity index (χ2v) is 17.2. The summed E-state index contributed by atoms with van der Waals surface area (Å²) in [5.74, 6) is -6.25. The number of Topliss-reactive ketones (excluding diaryl/α,β-unsaturated/α-hetero) is 1. The minimum Gasteiger partial charge on any atom is -0.456 e. The van der Waals surface area contributed by atoms with Gasteiger partial charge in [-0.3, -0.25) is 9.59 Å². The largest absolute Gasteiger partial charge is 0.456 e. The highest BCUT2D eigenvalue weighted by molar-refractivity contribution is 5.88. The molecule has 56 heavy (non-hydrogen) atoms. The molecule has 1 aliphatic carbocycles. The van der Waals surface area contributed by atoms with Crippen LogP contribution in [0.15, 0.2) is 36.0 Å². The second kappa shape index (κ2) is 20.5. The molecule has 0 spiro atoms. The topological polar surface area (TPSA) is 193 Å². The van der Waals surface area contributed by atoms with Crippen molar-refractivity contribution in [2.24, 2.45) is 29.6 Å². The molecule has 13 heteroatoms. The lowest BCUT2D eigenvalue weighted by atomic mass is 9.81. The van der Waals surface area contributed by atoms with E-state index in [0.717, 1.165) is 5.57 Å². The molecule has 1 saturated carbocycles. The van der Waals surface area contributed by atoms with Gasteiger partial charge >= 0.3 is 5.97 Å². The lowest BCUT2D eigenvalue weighted by Gasteiger charge is -2.49. The maximum Gasteiger partial charge on any atom is 0.329 e. The van der Waals surface area contributed by atoms with Gasteiger partial charge in [0.15, 0.2) is 6.10 Å². The average molecular weight is 792 g/mol. The van der Waals surface area contributed by atoms with E-state index in [-0.39, 0.29) is 43.4 Å². The fourth-order valence-corrected chi connectivity index (χ4v) is 9.34. The number of carbonyl (C=O) groups is 3. The Morgan fingerprint density at radius 2 is 1.62 bits per heavy atom. The number of aliphatic hydroxyl groups excluding tert-OH is 4. The van der Waals surface area contributed by atoms with Gasteiger partial charge in [0.2, 0.25) is 5.79 Å². The number of hydrogen-bond donors (Lipinski definition) is 5. The number of esters is 1. The Balaban J connectivity index is 1.77. The highest BCUT2D eigenvalue weighted by Gasteiger charge is 2.56. The number of carbonyl (C=O) groups excluding carboxylic acids is 3. The van der Waals surface area contributed by atoms with Crippen LogP contribution in [0.4, 0.5) is 0 Å². The molecular formula is C43H69NO12. The Bertz CT molecular complexity index is 1420. The number of piperidine rings is 1. The summed E-state index contributed by atoms with van der Waals surface area (Å²) in [7, 11) is 3.08. The minimum atomic E-state index is -2.33. The molecule has 15 atom stereocenters. The number of ketones is 1. The van der Waals surface area contributed by atoms with Crippen LogP contribution in [0.3, 0.4) is 0 Å². The predicted molar refractivity (Wildman–Crippen MR) is 209 cm³/mol. The Labute approximate surface area is 333 Å². The summed E-state index contributed by atoms with van der Waals surface area (Å²) in [4.78, 5) is 43.7. The third-order valence-electron chi connectivity index (χ3n) is 12.8. The highest BCUT2D eigenvalue weighted by atomic mass is 16.7. The molecule has 1 amide bonds. The predicted octanol–water partition coefficient (Wildman–Crippen LogP) is 3.78. The lowest BCUT2D eigenvalue weighted by molar-refractivity contribution is -0.346. The fraction of sp³-hybridized carbons (Fsp3) is 0.791. The number of cyclic esters (lactones) is 1. The molecule has 5 N–H and O–H groups in total. The Morgan fingerprint density at radius 1 is 0.946 bits per heavy atom. The molecule has 318 valence electrons. The number of methoxy groups -OCH3 is 2. The van der Waals surface area contributed by atoms with Gasteiger partial charge in [-0.1, -0.05) is 44.6 Å². The molecule has 0 aromatic heterocycles. The molecule has 2 bridgehead atoms. The number of nitrogens with zero attached hydrogens (tertiary/aromatic N) is 1. The fourth-order valence-electron chi connectivity index (χ4n) is 9.34. The molecule has 4 aliphatic rings. The monoisotopic (exact) mass is 791 g/mol. The lowest BCUT2D eigenvalue weighted by Crippen LogP contribution is -2.66. The van der Waals surface area contributed by atoms with E-state index in [0.29, 0.717) is 56.9 Å². The van der Waals surface area contributed by atoms with Crippen LogP contribution in [0, 0.1) is 29.6 Å². The summed E-state index contributed by atoms with van der Waals surface area (Å²) in [6, 6.07) is -1.10. The molecule has 3 fully saturated rings. The van der Waals surface area contributed by atoms with Crippen LogP contribution in [0.5, 0.6) is 0 Å². The number of fused-ring (bicyclic) bond motifs is 3. The highest BCUT2D eigenvalue weighted by Crippen LogP contribution is 2.40. The number of allylic oxidation sites excluding steroid dienone is 4. The molecule has 0 aromatic rings. The summed E-state index contributed by atoms with van der Waals surface area (Å²) in [6.07, 6.45) is 1.81. The smallest absolute Gasteiger partial charge is 0.329 e. The van der Waals surface area contributed by atoms with Crippen molar-refractivity contribution >= 4 is 17.7 Å². The summed E-state index contributed by atoms with van der Waals surface area (Å²) in [6.45, 7) is 13.2. The second-order valence-electron chi connectivity index (χ2n) is 17.2. The minimum absolute atomic E-state index is 0.0249. The third-order valence-corrected chi connectivity index (χ3v) is 12.8. The first kappa shape index (κ1) is 46.2. The van der Waals surface area contributed by atoms with E-state index in [1.807, 2.05) is 26.0 Å². The van der Waals surface area contributed by atoms with Gasteiger partial charge in [-0.15, -0.1) is 6.58 Å². The normalized spacial score (nSPS) is 42.8. The van der Waals surface area contributed by atoms with Crippen LogP contribution < -0.4 is 0 Å². The maximum atomic E-state index is 14.3. The molecule has 2 unspecified atom stereocenters. The Kier molecular flexibility index (Phi) is 16.9. The molecule has 3 aliphatic heterocycles. The third kappa shape index (κ3) is 11.0. The summed E-state index contributed by atoms with van der Waals surface area (Å²) >= 11 is 0. The van der Waals surface area contributed by atoms with Gasteiger partial charge in [-0.05, 0) is 95.5 Å². The number of rotatable bonds is 6. The molecule has 0 radical (unpaired) electrons. The van der Waals surface area contributed by atoms with E-state index in [4.69, 9.17) is 18.9 Å². The van der Waals surface area contributed by atoms with Crippen LogP contribution in [-0.4, -0.2) is 130 Å². The van der Waals surface area contributed by atoms with Crippen molar-refractivity contribution in [3.8, 4) is 0 Å². The summed E-state index contributed by atoms with van der Waals surface area (Å²) in [5.41, 5.74) is 1.57. The summed E-state index contributed by atoms with van der Waals surface area (Å²) < 4.78 is 24.3. The zero-order chi connectivity index (χ0) is 41.5. The van der Waals surface area contributed by atoms with E-state index >= 15 is 0 Å². The van der Waals surface area contributed by atoms with Crippen LogP contribution in [0.2, 0.25) is 0 Å². The van der Waals surface area contributed by atoms with Crippen molar-refractivity contribution in [3.63, 3.8) is 0 Å². The van der Waals surface area contributed by atoms with E-state index in [2.05, 4.69) is 6.58 Å². The van der Waals surface area contributed by atoms with E-state index < -0.39 is 90.3 Å². The van der Waals surface area contributed by atoms with Gasteiger partial charge in [-0.25, -0.2) is 4.79 Å². The first-order chi connectivity index (χ1) is 26.4. The van der Waals surface area contributed by atoms with Gasteiger partial charge < -0.3 is 49.4 Å². The van der Waals surface area contributed by atoms with Crippen LogP contribution in [-0.2, 0) is 33.3 Å². The van der Waals surface area contributed by atoms with Crippen LogP contribution in [0.25, 0.3) is 0 Å².